The second-order valence-electron chi connectivity index (χ2n) is 7.97. The van der Waals surface area contributed by atoms with Crippen LogP contribution < -0.4 is 4.90 Å². The zero-order valence-electron chi connectivity index (χ0n) is 17.3. The van der Waals surface area contributed by atoms with Gasteiger partial charge in [-0.25, -0.2) is 17.8 Å². The molecule has 162 valence electrons. The van der Waals surface area contributed by atoms with Gasteiger partial charge in [0, 0.05) is 29.6 Å². The van der Waals surface area contributed by atoms with Gasteiger partial charge in [-0.3, -0.25) is 4.79 Å². The van der Waals surface area contributed by atoms with Crippen LogP contribution in [0.2, 0.25) is 0 Å². The lowest BCUT2D eigenvalue weighted by molar-refractivity contribution is 0.101. The summed E-state index contributed by atoms with van der Waals surface area (Å²) in [4.78, 5) is 19.9. The quantitative estimate of drug-likeness (QED) is 0.469. The molecular weight excluding hydrogens is 435 g/mol. The molecule has 0 unspecified atom stereocenters. The number of anilines is 1. The molecule has 0 N–H and O–H groups in total. The molecule has 0 saturated heterocycles. The zero-order chi connectivity index (χ0) is 22.2. The monoisotopic (exact) mass is 458 g/mol. The molecule has 1 fully saturated rings. The second kappa shape index (κ2) is 8.51. The maximum Gasteiger partial charge on any atom is 0.197 e. The average Bonchev–Trinajstić information content (AvgIpc) is 3.41. The molecule has 0 amide bonds. The van der Waals surface area contributed by atoms with Gasteiger partial charge in [-0.15, -0.1) is 11.3 Å². The molecule has 4 rings (SSSR count). The van der Waals surface area contributed by atoms with Gasteiger partial charge in [0.25, 0.3) is 0 Å². The normalized spacial score (nSPS) is 18.0. The summed E-state index contributed by atoms with van der Waals surface area (Å²) in [6.07, 6.45) is 2.00. The van der Waals surface area contributed by atoms with Gasteiger partial charge in [-0.1, -0.05) is 42.5 Å². The number of aromatic nitrogens is 1. The highest BCUT2D eigenvalue weighted by Crippen LogP contribution is 2.47. The first-order valence-electron chi connectivity index (χ1n) is 9.95. The number of hydrogen-bond donors (Lipinski definition) is 0. The van der Waals surface area contributed by atoms with Gasteiger partial charge in [-0.2, -0.15) is 0 Å². The summed E-state index contributed by atoms with van der Waals surface area (Å²) in [7, 11) is -3.43. The minimum Gasteiger partial charge on any atom is -0.340 e. The Bertz CT molecular complexity index is 1190. The summed E-state index contributed by atoms with van der Waals surface area (Å²) >= 11 is 1.39. The van der Waals surface area contributed by atoms with E-state index in [1.54, 1.807) is 19.1 Å². The third-order valence-corrected chi connectivity index (χ3v) is 7.13. The van der Waals surface area contributed by atoms with Gasteiger partial charge in [-0.05, 0) is 36.6 Å². The van der Waals surface area contributed by atoms with Crippen molar-refractivity contribution >= 4 is 32.1 Å². The summed E-state index contributed by atoms with van der Waals surface area (Å²) in [5, 5.41) is 0.683. The Morgan fingerprint density at radius 3 is 2.48 bits per heavy atom. The highest BCUT2D eigenvalue weighted by Gasteiger charge is 2.44. The molecular formula is C23H23FN2O3S2. The number of aryl methyl sites for hydroxylation is 1. The molecule has 0 spiro atoms. The lowest BCUT2D eigenvalue weighted by Gasteiger charge is -2.23. The molecule has 3 aromatic rings. The van der Waals surface area contributed by atoms with Gasteiger partial charge < -0.3 is 4.90 Å². The van der Waals surface area contributed by atoms with E-state index in [0.717, 1.165) is 18.2 Å². The van der Waals surface area contributed by atoms with Gasteiger partial charge in [0.1, 0.15) is 17.3 Å². The van der Waals surface area contributed by atoms with Gasteiger partial charge in [0.15, 0.2) is 20.8 Å². The molecule has 1 saturated carbocycles. The maximum absolute atomic E-state index is 13.4. The smallest absolute Gasteiger partial charge is 0.197 e. The lowest BCUT2D eigenvalue weighted by atomic mass is 10.1. The predicted molar refractivity (Wildman–Crippen MR) is 121 cm³/mol. The van der Waals surface area contributed by atoms with Gasteiger partial charge in [0.05, 0.1) is 0 Å². The summed E-state index contributed by atoms with van der Waals surface area (Å²) in [5.41, 5.74) is 2.40. The Labute approximate surface area is 185 Å². The number of sulfone groups is 1. The number of carbonyl (C=O) groups is 1. The minimum absolute atomic E-state index is 0.205. The van der Waals surface area contributed by atoms with Crippen molar-refractivity contribution in [2.75, 3.05) is 16.9 Å². The van der Waals surface area contributed by atoms with Crippen molar-refractivity contribution in [3.05, 3.63) is 82.1 Å². The highest BCUT2D eigenvalue weighted by atomic mass is 32.2. The molecule has 5 nitrogen and oxygen atoms in total. The third-order valence-electron chi connectivity index (χ3n) is 5.34. The number of nitrogens with zero attached hydrogens (tertiary/aromatic N) is 2. The van der Waals surface area contributed by atoms with Crippen molar-refractivity contribution in [3.63, 3.8) is 0 Å². The fourth-order valence-corrected chi connectivity index (χ4v) is 5.37. The number of Topliss-reactive ketones (excluding diaryl/α,β-unsaturated/α-hetero) is 1. The molecule has 1 heterocycles. The van der Waals surface area contributed by atoms with Crippen LogP contribution in [0, 0.1) is 12.7 Å². The zero-order valence-corrected chi connectivity index (χ0v) is 18.9. The van der Waals surface area contributed by atoms with Crippen LogP contribution in [0.25, 0.3) is 0 Å². The molecule has 1 aromatic heterocycles. The van der Waals surface area contributed by atoms with E-state index < -0.39 is 21.4 Å². The van der Waals surface area contributed by atoms with Crippen molar-refractivity contribution in [1.29, 1.82) is 0 Å². The SMILES string of the molecule is Cc1sc(N(Cc2ccc(F)cc2)[C@H]2C[C@@H]2c2ccccc2)nc1C(=O)CS(C)(=O)=O. The number of thiazole rings is 1. The first-order chi connectivity index (χ1) is 14.7. The summed E-state index contributed by atoms with van der Waals surface area (Å²) in [5.74, 6) is -0.978. The standard InChI is InChI=1S/C23H23FN2O3S2/c1-15-22(21(27)14-31(2,28)29)25-23(30-15)26(13-16-8-10-18(24)11-9-16)20-12-19(20)17-6-4-3-5-7-17/h3-11,19-20H,12-14H2,1-2H3/t19-,20+/m1/s1. The second-order valence-corrected chi connectivity index (χ2v) is 11.3. The van der Waals surface area contributed by atoms with Crippen molar-refractivity contribution < 1.29 is 17.6 Å². The van der Waals surface area contributed by atoms with E-state index in [1.165, 1.54) is 29.0 Å². The van der Waals surface area contributed by atoms with Crippen LogP contribution in [-0.2, 0) is 16.4 Å². The number of ketones is 1. The largest absolute Gasteiger partial charge is 0.340 e. The van der Waals surface area contributed by atoms with Crippen LogP contribution in [0.1, 0.15) is 38.8 Å². The summed E-state index contributed by atoms with van der Waals surface area (Å²) in [6, 6.07) is 16.8. The number of hydrogen-bond acceptors (Lipinski definition) is 6. The molecule has 2 aromatic carbocycles. The topological polar surface area (TPSA) is 67.3 Å². The number of rotatable bonds is 8. The van der Waals surface area contributed by atoms with Crippen LogP contribution in [0.15, 0.2) is 54.6 Å². The van der Waals surface area contributed by atoms with Crippen molar-refractivity contribution in [1.82, 2.24) is 4.98 Å². The van der Waals surface area contributed by atoms with Crippen molar-refractivity contribution in [3.8, 4) is 0 Å². The van der Waals surface area contributed by atoms with Crippen molar-refractivity contribution in [2.45, 2.75) is 31.8 Å². The maximum atomic E-state index is 13.4. The Morgan fingerprint density at radius 1 is 1.16 bits per heavy atom. The number of carbonyl (C=O) groups excluding carboxylic acids is 1. The van der Waals surface area contributed by atoms with E-state index in [1.807, 2.05) is 18.2 Å². The highest BCUT2D eigenvalue weighted by molar-refractivity contribution is 7.91. The van der Waals surface area contributed by atoms with Crippen LogP contribution in [0.5, 0.6) is 0 Å². The van der Waals surface area contributed by atoms with E-state index in [-0.39, 0.29) is 17.6 Å². The Balaban J connectivity index is 1.64. The molecule has 1 aliphatic rings. The third kappa shape index (κ3) is 5.19. The molecule has 0 radical (unpaired) electrons. The van der Waals surface area contributed by atoms with Crippen LogP contribution in [0.4, 0.5) is 9.52 Å². The average molecular weight is 459 g/mol. The molecule has 8 heteroatoms. The van der Waals surface area contributed by atoms with Crippen LogP contribution in [-0.4, -0.2) is 37.2 Å². The Morgan fingerprint density at radius 2 is 1.84 bits per heavy atom. The molecule has 0 bridgehead atoms. The van der Waals surface area contributed by atoms with E-state index in [2.05, 4.69) is 22.0 Å². The Hall–Kier alpha value is -2.58. The van der Waals surface area contributed by atoms with Crippen molar-refractivity contribution in [2.24, 2.45) is 0 Å². The van der Waals surface area contributed by atoms with Gasteiger partial charge in [0.2, 0.25) is 0 Å². The van der Waals surface area contributed by atoms with E-state index in [0.29, 0.717) is 22.5 Å². The fourth-order valence-electron chi connectivity index (χ4n) is 3.77. The minimum atomic E-state index is -3.43. The van der Waals surface area contributed by atoms with E-state index in [9.17, 15) is 17.6 Å². The lowest BCUT2D eigenvalue weighted by Crippen LogP contribution is -2.26. The Kier molecular flexibility index (Phi) is 5.94. The summed E-state index contributed by atoms with van der Waals surface area (Å²) < 4.78 is 36.5. The van der Waals surface area contributed by atoms with Crippen LogP contribution >= 0.6 is 11.3 Å². The van der Waals surface area contributed by atoms with E-state index in [4.69, 9.17) is 0 Å². The molecule has 1 aliphatic carbocycles. The first kappa shape index (κ1) is 21.6. The number of benzene rings is 2. The number of halogens is 1. The summed E-state index contributed by atoms with van der Waals surface area (Å²) in [6.45, 7) is 2.31. The first-order valence-corrected chi connectivity index (χ1v) is 12.8. The molecule has 31 heavy (non-hydrogen) atoms. The predicted octanol–water partition coefficient (Wildman–Crippen LogP) is 4.38. The van der Waals surface area contributed by atoms with Gasteiger partial charge >= 0.3 is 0 Å². The van der Waals surface area contributed by atoms with Crippen LogP contribution in [0.3, 0.4) is 0 Å². The molecule has 0 aliphatic heterocycles. The molecule has 2 atom stereocenters. The fraction of sp³-hybridized carbons (Fsp3) is 0.304. The van der Waals surface area contributed by atoms with E-state index >= 15 is 0 Å².